The molecule has 3 aliphatic heterocycles. The van der Waals surface area contributed by atoms with Crippen LogP contribution in [0.25, 0.3) is 0 Å². The zero-order valence-electron chi connectivity index (χ0n) is 18.2. The van der Waals surface area contributed by atoms with Gasteiger partial charge in [0, 0.05) is 44.5 Å². The number of benzene rings is 1. The summed E-state index contributed by atoms with van der Waals surface area (Å²) in [6, 6.07) is 5.81. The van der Waals surface area contributed by atoms with Crippen LogP contribution in [0.4, 0.5) is 10.5 Å². The van der Waals surface area contributed by atoms with E-state index in [1.54, 1.807) is 16.4 Å². The molecule has 3 heterocycles. The van der Waals surface area contributed by atoms with Crippen LogP contribution in [0, 0.1) is 0 Å². The van der Waals surface area contributed by atoms with Gasteiger partial charge in [0.05, 0.1) is 4.90 Å². The normalized spacial score (nSPS) is 22.7. The molecule has 1 unspecified atom stereocenters. The molecule has 30 heavy (non-hydrogen) atoms. The van der Waals surface area contributed by atoms with Crippen molar-refractivity contribution >= 4 is 21.7 Å². The number of nitrogens with zero attached hydrogens (tertiary/aromatic N) is 4. The molecule has 0 spiro atoms. The molecule has 4 rings (SSSR count). The number of hydrogen-bond acceptors (Lipinski definition) is 4. The predicted octanol–water partition coefficient (Wildman–Crippen LogP) is 2.76. The van der Waals surface area contributed by atoms with E-state index in [0.29, 0.717) is 30.6 Å². The lowest BCUT2D eigenvalue weighted by Gasteiger charge is -2.33. The summed E-state index contributed by atoms with van der Waals surface area (Å²) >= 11 is 0. The molecule has 8 heteroatoms. The van der Waals surface area contributed by atoms with Crippen LogP contribution in [0.1, 0.15) is 45.1 Å². The van der Waals surface area contributed by atoms with Crippen LogP contribution in [-0.4, -0.2) is 80.4 Å². The average Bonchev–Trinajstić information content (AvgIpc) is 3.46. The summed E-state index contributed by atoms with van der Waals surface area (Å²) in [4.78, 5) is 19.9. The molecule has 7 nitrogen and oxygen atoms in total. The Kier molecular flexibility index (Phi) is 6.36. The number of fused-ring (bicyclic) bond motifs is 1. The van der Waals surface area contributed by atoms with E-state index < -0.39 is 10.0 Å². The second-order valence-corrected chi connectivity index (χ2v) is 10.5. The van der Waals surface area contributed by atoms with Crippen molar-refractivity contribution in [2.24, 2.45) is 0 Å². The fraction of sp³-hybridized carbons (Fsp3) is 0.682. The quantitative estimate of drug-likeness (QED) is 0.715. The molecule has 0 aliphatic carbocycles. The zero-order chi connectivity index (χ0) is 21.3. The summed E-state index contributed by atoms with van der Waals surface area (Å²) in [6.45, 7) is 9.80. The minimum atomic E-state index is -3.43. The van der Waals surface area contributed by atoms with Gasteiger partial charge in [0.1, 0.15) is 0 Å². The van der Waals surface area contributed by atoms with Crippen LogP contribution in [0.15, 0.2) is 23.1 Å². The number of anilines is 1. The topological polar surface area (TPSA) is 64.2 Å². The minimum absolute atomic E-state index is 0.0563. The largest absolute Gasteiger partial charge is 0.324 e. The van der Waals surface area contributed by atoms with E-state index in [1.807, 2.05) is 15.9 Å². The molecule has 1 atom stereocenters. The first kappa shape index (κ1) is 21.6. The standard InChI is InChI=1S/C22H34N4O3S/c1-3-23(4-2)19-11-15-24(17-19)22(27)26-14-7-8-18-16-20(9-10-21(18)26)30(28,29)25-12-5-6-13-25/h9-10,16,19H,3-8,11-15,17H2,1-2H3. The van der Waals surface area contributed by atoms with Crippen LogP contribution >= 0.6 is 0 Å². The van der Waals surface area contributed by atoms with Crippen molar-refractivity contribution in [2.45, 2.75) is 56.9 Å². The van der Waals surface area contributed by atoms with Crippen molar-refractivity contribution in [3.8, 4) is 0 Å². The van der Waals surface area contributed by atoms with Crippen molar-refractivity contribution < 1.29 is 13.2 Å². The first-order valence-electron chi connectivity index (χ1n) is 11.4. The highest BCUT2D eigenvalue weighted by Crippen LogP contribution is 2.32. The zero-order valence-corrected chi connectivity index (χ0v) is 19.0. The van der Waals surface area contributed by atoms with Gasteiger partial charge < -0.3 is 4.90 Å². The lowest BCUT2D eigenvalue weighted by Crippen LogP contribution is -2.46. The molecule has 1 aromatic carbocycles. The Labute approximate surface area is 180 Å². The van der Waals surface area contributed by atoms with Crippen LogP contribution in [0.5, 0.6) is 0 Å². The Morgan fingerprint density at radius 1 is 1.07 bits per heavy atom. The monoisotopic (exact) mass is 434 g/mol. The highest BCUT2D eigenvalue weighted by Gasteiger charge is 2.34. The maximum absolute atomic E-state index is 13.3. The molecular weight excluding hydrogens is 400 g/mol. The molecule has 2 amide bonds. The number of likely N-dealkylation sites (tertiary alicyclic amines) is 1. The smallest absolute Gasteiger partial charge is 0.323 e. The molecule has 1 aromatic rings. The third-order valence-electron chi connectivity index (χ3n) is 6.87. The Balaban J connectivity index is 1.52. The third-order valence-corrected chi connectivity index (χ3v) is 8.76. The summed E-state index contributed by atoms with van der Waals surface area (Å²) in [7, 11) is -3.43. The second-order valence-electron chi connectivity index (χ2n) is 8.55. The summed E-state index contributed by atoms with van der Waals surface area (Å²) in [6.07, 6.45) is 4.54. The molecule has 166 valence electrons. The van der Waals surface area contributed by atoms with Crippen LogP contribution < -0.4 is 4.90 Å². The number of amides is 2. The number of carbonyl (C=O) groups is 1. The lowest BCUT2D eigenvalue weighted by atomic mass is 10.0. The fourth-order valence-corrected chi connectivity index (χ4v) is 6.70. The van der Waals surface area contributed by atoms with Gasteiger partial charge in [-0.25, -0.2) is 13.2 Å². The van der Waals surface area contributed by atoms with E-state index >= 15 is 0 Å². The van der Waals surface area contributed by atoms with Crippen molar-refractivity contribution in [3.63, 3.8) is 0 Å². The van der Waals surface area contributed by atoms with Gasteiger partial charge in [-0.1, -0.05) is 13.8 Å². The van der Waals surface area contributed by atoms with E-state index in [1.165, 1.54) is 0 Å². The maximum Gasteiger partial charge on any atom is 0.324 e. The average molecular weight is 435 g/mol. The summed E-state index contributed by atoms with van der Waals surface area (Å²) in [5.41, 5.74) is 1.84. The predicted molar refractivity (Wildman–Crippen MR) is 118 cm³/mol. The van der Waals surface area contributed by atoms with E-state index in [-0.39, 0.29) is 6.03 Å². The number of aryl methyl sites for hydroxylation is 1. The molecule has 0 bridgehead atoms. The first-order valence-corrected chi connectivity index (χ1v) is 12.8. The van der Waals surface area contributed by atoms with Crippen molar-refractivity contribution in [2.75, 3.05) is 50.7 Å². The number of urea groups is 1. The van der Waals surface area contributed by atoms with Gasteiger partial charge in [-0.2, -0.15) is 4.31 Å². The van der Waals surface area contributed by atoms with Gasteiger partial charge >= 0.3 is 6.03 Å². The Hall–Kier alpha value is -1.64. The van der Waals surface area contributed by atoms with Crippen LogP contribution in [-0.2, 0) is 16.4 Å². The molecule has 0 radical (unpaired) electrons. The Morgan fingerprint density at radius 2 is 1.80 bits per heavy atom. The molecule has 0 saturated carbocycles. The Bertz CT molecular complexity index is 878. The maximum atomic E-state index is 13.3. The first-order chi connectivity index (χ1) is 14.5. The molecule has 0 N–H and O–H groups in total. The highest BCUT2D eigenvalue weighted by molar-refractivity contribution is 7.89. The van der Waals surface area contributed by atoms with Gasteiger partial charge in [-0.15, -0.1) is 0 Å². The van der Waals surface area contributed by atoms with E-state index in [2.05, 4.69) is 18.7 Å². The van der Waals surface area contributed by atoms with Gasteiger partial charge in [0.2, 0.25) is 10.0 Å². The van der Waals surface area contributed by atoms with Crippen molar-refractivity contribution in [3.05, 3.63) is 23.8 Å². The molecular formula is C22H34N4O3S. The fourth-order valence-electron chi connectivity index (χ4n) is 5.13. The molecule has 2 fully saturated rings. The van der Waals surface area contributed by atoms with E-state index in [9.17, 15) is 13.2 Å². The minimum Gasteiger partial charge on any atom is -0.323 e. The number of rotatable bonds is 5. The number of hydrogen-bond donors (Lipinski definition) is 0. The summed E-state index contributed by atoms with van der Waals surface area (Å²) in [5.74, 6) is 0. The molecule has 3 aliphatic rings. The van der Waals surface area contributed by atoms with Gasteiger partial charge in [-0.05, 0) is 69.0 Å². The summed E-state index contributed by atoms with van der Waals surface area (Å²) in [5, 5.41) is 0. The van der Waals surface area contributed by atoms with Crippen molar-refractivity contribution in [1.29, 1.82) is 0 Å². The van der Waals surface area contributed by atoms with Crippen LogP contribution in [0.2, 0.25) is 0 Å². The number of sulfonamides is 1. The number of likely N-dealkylation sites (N-methyl/N-ethyl adjacent to an activating group) is 1. The van der Waals surface area contributed by atoms with Gasteiger partial charge in [0.25, 0.3) is 0 Å². The van der Waals surface area contributed by atoms with E-state index in [0.717, 1.165) is 69.5 Å². The highest BCUT2D eigenvalue weighted by atomic mass is 32.2. The third kappa shape index (κ3) is 3.97. The van der Waals surface area contributed by atoms with Crippen LogP contribution in [0.3, 0.4) is 0 Å². The van der Waals surface area contributed by atoms with Gasteiger partial charge in [0.15, 0.2) is 0 Å². The van der Waals surface area contributed by atoms with Crippen molar-refractivity contribution in [1.82, 2.24) is 14.1 Å². The second kappa shape index (κ2) is 8.85. The SMILES string of the molecule is CCN(CC)C1CCN(C(=O)N2CCCc3cc(S(=O)(=O)N4CCCC4)ccc32)C1. The van der Waals surface area contributed by atoms with E-state index in [4.69, 9.17) is 0 Å². The molecule has 0 aromatic heterocycles. The number of carbonyl (C=O) groups excluding carboxylic acids is 1. The summed E-state index contributed by atoms with van der Waals surface area (Å²) < 4.78 is 27.4. The Morgan fingerprint density at radius 3 is 2.50 bits per heavy atom. The van der Waals surface area contributed by atoms with Gasteiger partial charge in [-0.3, -0.25) is 9.80 Å². The lowest BCUT2D eigenvalue weighted by molar-refractivity contribution is 0.197. The molecule has 2 saturated heterocycles.